The van der Waals surface area contributed by atoms with Gasteiger partial charge in [-0.25, -0.2) is 13.1 Å². The van der Waals surface area contributed by atoms with Crippen molar-refractivity contribution in [2.45, 2.75) is 56.1 Å². The van der Waals surface area contributed by atoms with E-state index in [-0.39, 0.29) is 35.0 Å². The van der Waals surface area contributed by atoms with E-state index in [1.165, 1.54) is 18.2 Å². The second kappa shape index (κ2) is 11.2. The van der Waals surface area contributed by atoms with Crippen LogP contribution in [0.5, 0.6) is 5.75 Å². The maximum absolute atomic E-state index is 13.2. The first-order valence-electron chi connectivity index (χ1n) is 14.4. The lowest BCUT2D eigenvalue weighted by Gasteiger charge is -2.45. The molecule has 41 heavy (non-hydrogen) atoms. The highest BCUT2D eigenvalue weighted by atomic mass is 35.5. The molecule has 0 radical (unpaired) electrons. The summed E-state index contributed by atoms with van der Waals surface area (Å²) in [6, 6.07) is 11.3. The molecule has 1 spiro atoms. The van der Waals surface area contributed by atoms with Gasteiger partial charge < -0.3 is 19.5 Å². The largest absolute Gasteiger partial charge is 0.490 e. The van der Waals surface area contributed by atoms with E-state index in [2.05, 4.69) is 21.8 Å². The van der Waals surface area contributed by atoms with Crippen LogP contribution in [0.1, 0.15) is 53.6 Å². The van der Waals surface area contributed by atoms with E-state index in [9.17, 15) is 18.3 Å². The van der Waals surface area contributed by atoms with E-state index in [0.717, 1.165) is 42.8 Å². The fraction of sp³-hybridized carbons (Fsp3) is 0.516. The molecule has 0 saturated heterocycles. The molecule has 2 aliphatic heterocycles. The number of aliphatic hydroxyl groups excluding tert-OH is 1. The number of fused-ring (bicyclic) bond motifs is 4. The Labute approximate surface area is 246 Å². The van der Waals surface area contributed by atoms with Crippen LogP contribution in [0.4, 0.5) is 5.69 Å². The van der Waals surface area contributed by atoms with Gasteiger partial charge in [0, 0.05) is 36.2 Å². The number of sulfonamides is 1. The molecular weight excluding hydrogens is 564 g/mol. The molecule has 1 amide bonds. The van der Waals surface area contributed by atoms with Gasteiger partial charge in [0.25, 0.3) is 5.91 Å². The third-order valence-electron chi connectivity index (χ3n) is 9.41. The minimum absolute atomic E-state index is 0.0768. The summed E-state index contributed by atoms with van der Waals surface area (Å²) in [6.45, 7) is 1.86. The average Bonchev–Trinajstić information content (AvgIpc) is 3.07. The molecule has 5 atom stereocenters. The summed E-state index contributed by atoms with van der Waals surface area (Å²) in [5.74, 6) is 0.0433. The molecule has 2 heterocycles. The predicted molar refractivity (Wildman–Crippen MR) is 158 cm³/mol. The smallest absolute Gasteiger partial charge is 0.264 e. The number of amides is 1. The third kappa shape index (κ3) is 5.74. The molecule has 2 aliphatic carbocycles. The lowest BCUT2D eigenvalue weighted by molar-refractivity contribution is 0.0444. The number of hydrogen-bond donors (Lipinski definition) is 2. The number of benzene rings is 2. The Balaban J connectivity index is 1.41. The zero-order chi connectivity index (χ0) is 28.8. The van der Waals surface area contributed by atoms with E-state index in [1.807, 2.05) is 6.07 Å². The van der Waals surface area contributed by atoms with Crippen LogP contribution in [-0.2, 0) is 26.6 Å². The number of aryl methyl sites for hydroxylation is 1. The Morgan fingerprint density at radius 3 is 2.78 bits per heavy atom. The van der Waals surface area contributed by atoms with Gasteiger partial charge in [0.05, 0.1) is 30.3 Å². The van der Waals surface area contributed by atoms with Crippen LogP contribution in [0.2, 0.25) is 5.02 Å². The third-order valence-corrected chi connectivity index (χ3v) is 10.9. The number of hydrogen-bond acceptors (Lipinski definition) is 7. The normalized spacial score (nSPS) is 32.0. The number of rotatable bonds is 1. The van der Waals surface area contributed by atoms with Crippen LogP contribution in [-0.4, -0.2) is 64.2 Å². The molecule has 1 saturated carbocycles. The first kappa shape index (κ1) is 28.5. The highest BCUT2D eigenvalue weighted by molar-refractivity contribution is 7.90. The maximum atomic E-state index is 13.2. The molecule has 0 unspecified atom stereocenters. The quantitative estimate of drug-likeness (QED) is 0.472. The molecule has 2 bridgehead atoms. The van der Waals surface area contributed by atoms with Gasteiger partial charge >= 0.3 is 0 Å². The molecule has 0 aromatic heterocycles. The first-order chi connectivity index (χ1) is 19.7. The van der Waals surface area contributed by atoms with Crippen LogP contribution in [0.3, 0.4) is 0 Å². The molecule has 10 heteroatoms. The van der Waals surface area contributed by atoms with Gasteiger partial charge in [-0.15, -0.1) is 0 Å². The van der Waals surface area contributed by atoms with Gasteiger partial charge in [-0.1, -0.05) is 29.8 Å². The minimum Gasteiger partial charge on any atom is -0.490 e. The second-order valence-corrected chi connectivity index (χ2v) is 14.3. The number of carbonyl (C=O) groups excluding carboxylic acids is 1. The summed E-state index contributed by atoms with van der Waals surface area (Å²) in [4.78, 5) is 15.5. The molecule has 220 valence electrons. The summed E-state index contributed by atoms with van der Waals surface area (Å²) in [5, 5.41) is 11.8. The summed E-state index contributed by atoms with van der Waals surface area (Å²) in [6.07, 6.45) is 7.34. The fourth-order valence-electron chi connectivity index (χ4n) is 7.01. The SMILES string of the molecule is CO[C@@H]1/C=C/[C@H](O)[C@@H]2CC[C@H]2CN2C[C@@]3(CCCc4cc(Cl)ccc43)COc3ccc(cc32)C(=O)NS(=O)(=O)CC1. The van der Waals surface area contributed by atoms with Gasteiger partial charge in [-0.2, -0.15) is 0 Å². The number of anilines is 1. The summed E-state index contributed by atoms with van der Waals surface area (Å²) < 4.78 is 39.7. The summed E-state index contributed by atoms with van der Waals surface area (Å²) in [7, 11) is -2.40. The van der Waals surface area contributed by atoms with Crippen molar-refractivity contribution in [2.75, 3.05) is 37.5 Å². The number of nitrogens with zero attached hydrogens (tertiary/aromatic N) is 1. The maximum Gasteiger partial charge on any atom is 0.264 e. The molecule has 8 nitrogen and oxygen atoms in total. The Morgan fingerprint density at radius 1 is 1.15 bits per heavy atom. The van der Waals surface area contributed by atoms with Crippen LogP contribution in [0.25, 0.3) is 0 Å². The highest BCUT2D eigenvalue weighted by Crippen LogP contribution is 2.46. The molecule has 2 aromatic carbocycles. The zero-order valence-electron chi connectivity index (χ0n) is 23.2. The van der Waals surface area contributed by atoms with Crippen LogP contribution >= 0.6 is 11.6 Å². The van der Waals surface area contributed by atoms with Crippen LogP contribution in [0, 0.1) is 11.8 Å². The van der Waals surface area contributed by atoms with E-state index < -0.39 is 28.1 Å². The second-order valence-electron chi connectivity index (χ2n) is 12.0. The molecule has 2 N–H and O–H groups in total. The van der Waals surface area contributed by atoms with Gasteiger partial charge in [-0.05, 0) is 91.8 Å². The standard InChI is InChI=1S/C31H37ClN2O6S/c1-39-24-7-10-28(35)25-8-4-22(25)17-34-18-31(13-2-3-20-15-23(32)6-9-26(20)31)19-40-29-11-5-21(16-27(29)34)30(36)33-41(37,38)14-12-24/h5-7,9-11,15-16,22,24-25,28,35H,2-4,8,12-14,17-19H2,1H3,(H,33,36)/b10-7+/t22-,24+,25+,28-,31-/m0/s1. The topological polar surface area (TPSA) is 105 Å². The Kier molecular flexibility index (Phi) is 7.82. The van der Waals surface area contributed by atoms with Crippen molar-refractivity contribution in [3.05, 3.63) is 70.3 Å². The van der Waals surface area contributed by atoms with Crippen LogP contribution < -0.4 is 14.4 Å². The highest BCUT2D eigenvalue weighted by Gasteiger charge is 2.44. The average molecular weight is 601 g/mol. The van der Waals surface area contributed by atoms with Crippen molar-refractivity contribution in [1.29, 1.82) is 0 Å². The van der Waals surface area contributed by atoms with Crippen LogP contribution in [0.15, 0.2) is 48.6 Å². The fourth-order valence-corrected chi connectivity index (χ4v) is 8.24. The number of aliphatic hydroxyl groups is 1. The van der Waals surface area contributed by atoms with Gasteiger partial charge in [-0.3, -0.25) is 4.79 Å². The first-order valence-corrected chi connectivity index (χ1v) is 16.4. The van der Waals surface area contributed by atoms with Gasteiger partial charge in [0.15, 0.2) is 0 Å². The number of carbonyl (C=O) groups is 1. The van der Waals surface area contributed by atoms with Gasteiger partial charge in [0.2, 0.25) is 10.0 Å². The van der Waals surface area contributed by atoms with E-state index in [4.69, 9.17) is 21.1 Å². The molecule has 6 rings (SSSR count). The molecule has 4 aliphatic rings. The number of methoxy groups -OCH3 is 1. The predicted octanol–water partition coefficient (Wildman–Crippen LogP) is 4.23. The minimum atomic E-state index is -3.91. The number of nitrogens with one attached hydrogen (secondary N) is 1. The summed E-state index contributed by atoms with van der Waals surface area (Å²) in [5.41, 5.74) is 3.25. The van der Waals surface area contributed by atoms with Crippen molar-refractivity contribution < 1.29 is 27.8 Å². The number of halogens is 1. The van der Waals surface area contributed by atoms with E-state index in [0.29, 0.717) is 25.4 Å². The Hall–Kier alpha value is -2.59. The molecule has 1 fully saturated rings. The van der Waals surface area contributed by atoms with E-state index in [1.54, 1.807) is 30.4 Å². The van der Waals surface area contributed by atoms with Crippen molar-refractivity contribution >= 4 is 33.2 Å². The van der Waals surface area contributed by atoms with Crippen molar-refractivity contribution in [1.82, 2.24) is 4.72 Å². The van der Waals surface area contributed by atoms with Crippen molar-refractivity contribution in [3.63, 3.8) is 0 Å². The Morgan fingerprint density at radius 2 is 2.00 bits per heavy atom. The molecule has 2 aromatic rings. The summed E-state index contributed by atoms with van der Waals surface area (Å²) >= 11 is 6.37. The van der Waals surface area contributed by atoms with Crippen molar-refractivity contribution in [2.24, 2.45) is 11.8 Å². The zero-order valence-corrected chi connectivity index (χ0v) is 24.8. The van der Waals surface area contributed by atoms with Gasteiger partial charge in [0.1, 0.15) is 5.75 Å². The lowest BCUT2D eigenvalue weighted by Crippen LogP contribution is -2.49. The number of ether oxygens (including phenoxy) is 2. The molecular formula is C31H37ClN2O6S. The lowest BCUT2D eigenvalue weighted by atomic mass is 9.68. The Bertz CT molecular complexity index is 1460. The van der Waals surface area contributed by atoms with E-state index >= 15 is 0 Å². The monoisotopic (exact) mass is 600 g/mol. The van der Waals surface area contributed by atoms with Crippen molar-refractivity contribution in [3.8, 4) is 5.75 Å².